The van der Waals surface area contributed by atoms with Gasteiger partial charge < -0.3 is 5.11 Å². The van der Waals surface area contributed by atoms with Gasteiger partial charge in [0.2, 0.25) is 0 Å². The lowest BCUT2D eigenvalue weighted by atomic mass is 10.1. The number of carboxylic acid groups (broad SMARTS) is 1. The van der Waals surface area contributed by atoms with Crippen LogP contribution in [0.2, 0.25) is 0 Å². The molecule has 1 aromatic rings. The number of benzene rings is 1. The maximum atomic E-state index is 12.0. The summed E-state index contributed by atoms with van der Waals surface area (Å²) in [6, 6.07) is 5.95. The molecule has 0 radical (unpaired) electrons. The summed E-state index contributed by atoms with van der Waals surface area (Å²) in [5.41, 5.74) is 0.778. The van der Waals surface area contributed by atoms with Crippen LogP contribution >= 0.6 is 0 Å². The molecule has 18 heavy (non-hydrogen) atoms. The van der Waals surface area contributed by atoms with Crippen molar-refractivity contribution in [2.24, 2.45) is 5.92 Å². The van der Waals surface area contributed by atoms with Crippen LogP contribution in [0, 0.1) is 5.92 Å². The molecule has 5 heteroatoms. The lowest BCUT2D eigenvalue weighted by Crippen LogP contribution is -2.24. The predicted molar refractivity (Wildman–Crippen MR) is 70.3 cm³/mol. The molecule has 0 aliphatic heterocycles. The van der Waals surface area contributed by atoms with Gasteiger partial charge in [0, 0.05) is 0 Å². The summed E-state index contributed by atoms with van der Waals surface area (Å²) in [7, 11) is -3.19. The van der Waals surface area contributed by atoms with Gasteiger partial charge in [0.05, 0.1) is 16.6 Å². The zero-order chi connectivity index (χ0) is 13.9. The van der Waals surface area contributed by atoms with Gasteiger partial charge in [-0.15, -0.1) is 0 Å². The first-order chi connectivity index (χ1) is 8.24. The Hall–Kier alpha value is -1.36. The summed E-state index contributed by atoms with van der Waals surface area (Å²) in [6.45, 7) is 5.44. The van der Waals surface area contributed by atoms with E-state index in [1.165, 1.54) is 12.1 Å². The number of hydrogen-bond donors (Lipinski definition) is 1. The normalized spacial score (nSPS) is 13.6. The Morgan fingerprint density at radius 3 is 2.06 bits per heavy atom. The van der Waals surface area contributed by atoms with E-state index >= 15 is 0 Å². The minimum Gasteiger partial charge on any atom is -0.478 e. The molecule has 0 spiro atoms. The van der Waals surface area contributed by atoms with Crippen LogP contribution in [0.5, 0.6) is 0 Å². The molecule has 4 nitrogen and oxygen atoms in total. The Bertz CT molecular complexity index is 514. The van der Waals surface area contributed by atoms with Gasteiger partial charge in [0.25, 0.3) is 0 Å². The first-order valence-corrected chi connectivity index (χ1v) is 7.49. The number of aromatic carboxylic acids is 1. The van der Waals surface area contributed by atoms with Crippen molar-refractivity contribution in [3.63, 3.8) is 0 Å². The summed E-state index contributed by atoms with van der Waals surface area (Å²) in [5, 5.41) is 8.35. The second-order valence-corrected chi connectivity index (χ2v) is 7.12. The molecule has 1 atom stereocenters. The summed E-state index contributed by atoms with van der Waals surface area (Å²) < 4.78 is 24.1. The number of sulfone groups is 1. The molecule has 0 amide bonds. The molecule has 1 N–H and O–H groups in total. The van der Waals surface area contributed by atoms with Crippen LogP contribution in [-0.4, -0.2) is 24.7 Å². The van der Waals surface area contributed by atoms with Crippen molar-refractivity contribution in [2.75, 3.05) is 0 Å². The van der Waals surface area contributed by atoms with Crippen LogP contribution in [0.3, 0.4) is 0 Å². The van der Waals surface area contributed by atoms with Crippen molar-refractivity contribution in [1.82, 2.24) is 0 Å². The molecule has 0 fully saturated rings. The molecule has 0 saturated carbocycles. The molecule has 0 heterocycles. The largest absolute Gasteiger partial charge is 0.478 e. The van der Waals surface area contributed by atoms with Gasteiger partial charge in [0.1, 0.15) is 0 Å². The Kier molecular flexibility index (Phi) is 4.51. The molecular weight excluding hydrogens is 252 g/mol. The third-order valence-electron chi connectivity index (χ3n) is 3.07. The fourth-order valence-corrected chi connectivity index (χ4v) is 3.27. The molecule has 1 aromatic carbocycles. The van der Waals surface area contributed by atoms with Gasteiger partial charge >= 0.3 is 5.97 Å². The topological polar surface area (TPSA) is 71.4 Å². The molecule has 0 saturated heterocycles. The van der Waals surface area contributed by atoms with E-state index in [1.807, 2.05) is 13.8 Å². The monoisotopic (exact) mass is 270 g/mol. The molecule has 1 rings (SSSR count). The number of carboxylic acids is 1. The Balaban J connectivity index is 2.88. The molecule has 0 aromatic heterocycles. The van der Waals surface area contributed by atoms with Crippen molar-refractivity contribution in [2.45, 2.75) is 31.8 Å². The molecule has 0 aliphatic rings. The highest BCUT2D eigenvalue weighted by molar-refractivity contribution is 7.91. The Labute approximate surface area is 108 Å². The maximum absolute atomic E-state index is 12.0. The Morgan fingerprint density at radius 2 is 1.67 bits per heavy atom. The van der Waals surface area contributed by atoms with E-state index in [0.717, 1.165) is 0 Å². The van der Waals surface area contributed by atoms with Crippen LogP contribution in [0.15, 0.2) is 24.3 Å². The van der Waals surface area contributed by atoms with Crippen LogP contribution in [0.25, 0.3) is 0 Å². The van der Waals surface area contributed by atoms with Gasteiger partial charge in [0.15, 0.2) is 9.84 Å². The van der Waals surface area contributed by atoms with E-state index in [9.17, 15) is 13.2 Å². The highest BCUT2D eigenvalue weighted by Gasteiger charge is 2.24. The molecule has 1 unspecified atom stereocenters. The number of rotatable bonds is 5. The fourth-order valence-electron chi connectivity index (χ4n) is 1.52. The van der Waals surface area contributed by atoms with Crippen LogP contribution in [0.1, 0.15) is 36.7 Å². The quantitative estimate of drug-likeness (QED) is 0.891. The lowest BCUT2D eigenvalue weighted by molar-refractivity contribution is 0.0697. The second-order valence-electron chi connectivity index (χ2n) is 4.76. The van der Waals surface area contributed by atoms with Crippen LogP contribution < -0.4 is 0 Å². The van der Waals surface area contributed by atoms with Gasteiger partial charge in [-0.1, -0.05) is 26.0 Å². The van der Waals surface area contributed by atoms with Gasteiger partial charge in [-0.3, -0.25) is 0 Å². The number of carbonyl (C=O) groups is 1. The summed E-state index contributed by atoms with van der Waals surface area (Å²) in [5.74, 6) is -1.00. The third kappa shape index (κ3) is 3.57. The van der Waals surface area contributed by atoms with Crippen LogP contribution in [-0.2, 0) is 15.6 Å². The predicted octanol–water partition coefficient (Wildman–Crippen LogP) is 2.34. The highest BCUT2D eigenvalue weighted by atomic mass is 32.2. The fraction of sp³-hybridized carbons (Fsp3) is 0.462. The molecule has 0 bridgehead atoms. The van der Waals surface area contributed by atoms with Crippen molar-refractivity contribution in [1.29, 1.82) is 0 Å². The minimum atomic E-state index is -3.19. The standard InChI is InChI=1S/C13H18O4S/c1-9(2)10(3)18(16,17)8-11-4-6-12(7-5-11)13(14)15/h4-7,9-10H,8H2,1-3H3,(H,14,15). The minimum absolute atomic E-state index is 0.0494. The average Bonchev–Trinajstić information content (AvgIpc) is 2.28. The first-order valence-electron chi connectivity index (χ1n) is 5.78. The van der Waals surface area contributed by atoms with E-state index in [1.54, 1.807) is 19.1 Å². The molecule has 100 valence electrons. The lowest BCUT2D eigenvalue weighted by Gasteiger charge is -2.16. The van der Waals surface area contributed by atoms with Crippen LogP contribution in [0.4, 0.5) is 0 Å². The van der Waals surface area contributed by atoms with E-state index in [4.69, 9.17) is 5.11 Å². The van der Waals surface area contributed by atoms with Crippen molar-refractivity contribution in [3.8, 4) is 0 Å². The molecule has 0 aliphatic carbocycles. The number of hydrogen-bond acceptors (Lipinski definition) is 3. The van der Waals surface area contributed by atoms with E-state index in [0.29, 0.717) is 5.56 Å². The molecular formula is C13H18O4S. The smallest absolute Gasteiger partial charge is 0.335 e. The van der Waals surface area contributed by atoms with E-state index < -0.39 is 21.1 Å². The summed E-state index contributed by atoms with van der Waals surface area (Å²) in [6.07, 6.45) is 0. The Morgan fingerprint density at radius 1 is 1.17 bits per heavy atom. The highest BCUT2D eigenvalue weighted by Crippen LogP contribution is 2.17. The second kappa shape index (κ2) is 5.52. The van der Waals surface area contributed by atoms with Crippen molar-refractivity contribution in [3.05, 3.63) is 35.4 Å². The van der Waals surface area contributed by atoms with E-state index in [-0.39, 0.29) is 17.2 Å². The SMILES string of the molecule is CC(C)C(C)S(=O)(=O)Cc1ccc(C(=O)O)cc1. The zero-order valence-electron chi connectivity index (χ0n) is 10.8. The van der Waals surface area contributed by atoms with Gasteiger partial charge in [-0.2, -0.15) is 0 Å². The van der Waals surface area contributed by atoms with Gasteiger partial charge in [-0.25, -0.2) is 13.2 Å². The van der Waals surface area contributed by atoms with Gasteiger partial charge in [-0.05, 0) is 30.5 Å². The zero-order valence-corrected chi connectivity index (χ0v) is 11.6. The first kappa shape index (κ1) is 14.7. The van der Waals surface area contributed by atoms with E-state index in [2.05, 4.69) is 0 Å². The summed E-state index contributed by atoms with van der Waals surface area (Å²) >= 11 is 0. The maximum Gasteiger partial charge on any atom is 0.335 e. The van der Waals surface area contributed by atoms with Crippen molar-refractivity contribution < 1.29 is 18.3 Å². The summed E-state index contributed by atoms with van der Waals surface area (Å²) in [4.78, 5) is 10.7. The average molecular weight is 270 g/mol. The van der Waals surface area contributed by atoms with Crippen molar-refractivity contribution >= 4 is 15.8 Å². The third-order valence-corrected chi connectivity index (χ3v) is 5.49.